The lowest BCUT2D eigenvalue weighted by molar-refractivity contribution is 0.302. The maximum atomic E-state index is 13.3. The van der Waals surface area contributed by atoms with E-state index >= 15 is 0 Å². The van der Waals surface area contributed by atoms with Crippen LogP contribution < -0.4 is 4.74 Å². The van der Waals surface area contributed by atoms with Gasteiger partial charge in [0, 0.05) is 10.6 Å². The summed E-state index contributed by atoms with van der Waals surface area (Å²) in [5.74, 6) is 0.363. The van der Waals surface area contributed by atoms with Gasteiger partial charge in [0.25, 0.3) is 0 Å². The predicted molar refractivity (Wildman–Crippen MR) is 77.6 cm³/mol. The minimum absolute atomic E-state index is 0.276. The Balaban J connectivity index is 2.14. The Labute approximate surface area is 126 Å². The summed E-state index contributed by atoms with van der Waals surface area (Å²) >= 11 is 12.4. The van der Waals surface area contributed by atoms with Crippen LogP contribution in [0.15, 0.2) is 45.3 Å². The molecule has 0 atom stereocenters. The molecule has 0 aliphatic rings. The Kier molecular flexibility index (Phi) is 4.65. The van der Waals surface area contributed by atoms with Crippen molar-refractivity contribution in [2.45, 2.75) is 6.61 Å². The summed E-state index contributed by atoms with van der Waals surface area (Å²) in [6, 6.07) is 10.1. The van der Waals surface area contributed by atoms with Gasteiger partial charge in [-0.3, -0.25) is 0 Å². The van der Waals surface area contributed by atoms with Crippen LogP contribution in [0.3, 0.4) is 0 Å². The summed E-state index contributed by atoms with van der Waals surface area (Å²) in [6.45, 7) is 0.276. The summed E-state index contributed by atoms with van der Waals surface area (Å²) in [5, 5.41) is 0.626. The predicted octanol–water partition coefficient (Wildman–Crippen LogP) is 5.58. The first-order chi connectivity index (χ1) is 8.58. The van der Waals surface area contributed by atoms with Crippen LogP contribution in [0, 0.1) is 5.82 Å². The van der Waals surface area contributed by atoms with E-state index < -0.39 is 0 Å². The van der Waals surface area contributed by atoms with Gasteiger partial charge in [-0.25, -0.2) is 4.39 Å². The highest BCUT2D eigenvalue weighted by molar-refractivity contribution is 9.10. The number of ether oxygens (including phenoxy) is 1. The molecule has 0 aliphatic heterocycles. The normalized spacial score (nSPS) is 10.4. The van der Waals surface area contributed by atoms with Gasteiger partial charge in [0.05, 0.1) is 8.95 Å². The van der Waals surface area contributed by atoms with Crippen LogP contribution in [-0.4, -0.2) is 0 Å². The Morgan fingerprint density at radius 3 is 2.67 bits per heavy atom. The summed E-state index contributed by atoms with van der Waals surface area (Å²) in [7, 11) is 0. The zero-order valence-corrected chi connectivity index (χ0v) is 13.0. The minimum atomic E-state index is -0.300. The van der Waals surface area contributed by atoms with E-state index in [0.29, 0.717) is 15.2 Å². The molecule has 0 aliphatic carbocycles. The number of hydrogen-bond acceptors (Lipinski definition) is 1. The van der Waals surface area contributed by atoms with Crippen molar-refractivity contribution >= 4 is 43.5 Å². The summed E-state index contributed by atoms with van der Waals surface area (Å²) in [5.41, 5.74) is 0.747. The average molecular weight is 394 g/mol. The van der Waals surface area contributed by atoms with Crippen molar-refractivity contribution in [3.8, 4) is 5.75 Å². The molecule has 0 fully saturated rings. The van der Waals surface area contributed by atoms with Crippen LogP contribution in [0.25, 0.3) is 0 Å². The summed E-state index contributed by atoms with van der Waals surface area (Å²) in [4.78, 5) is 0. The fourth-order valence-corrected chi connectivity index (χ4v) is 2.58. The van der Waals surface area contributed by atoms with Crippen molar-refractivity contribution in [1.82, 2.24) is 0 Å². The first-order valence-electron chi connectivity index (χ1n) is 5.08. The molecule has 0 unspecified atom stereocenters. The second-order valence-electron chi connectivity index (χ2n) is 3.58. The van der Waals surface area contributed by atoms with Gasteiger partial charge >= 0.3 is 0 Å². The van der Waals surface area contributed by atoms with E-state index in [1.165, 1.54) is 6.07 Å². The number of rotatable bonds is 3. The highest BCUT2D eigenvalue weighted by Gasteiger charge is 2.07. The minimum Gasteiger partial charge on any atom is -0.488 e. The highest BCUT2D eigenvalue weighted by atomic mass is 79.9. The molecular formula is C13H8Br2ClFO. The molecule has 2 aromatic rings. The van der Waals surface area contributed by atoms with Gasteiger partial charge in [-0.2, -0.15) is 0 Å². The molecule has 0 aromatic heterocycles. The molecule has 0 bridgehead atoms. The van der Waals surface area contributed by atoms with Crippen molar-refractivity contribution < 1.29 is 9.13 Å². The second-order valence-corrected chi connectivity index (χ2v) is 5.66. The molecule has 18 heavy (non-hydrogen) atoms. The number of halogens is 4. The van der Waals surface area contributed by atoms with Crippen LogP contribution in [0.2, 0.25) is 5.02 Å². The Morgan fingerprint density at radius 1 is 1.17 bits per heavy atom. The van der Waals surface area contributed by atoms with Crippen molar-refractivity contribution in [2.75, 3.05) is 0 Å². The van der Waals surface area contributed by atoms with Gasteiger partial charge in [-0.05, 0) is 56.1 Å². The third kappa shape index (κ3) is 3.25. The lowest BCUT2D eigenvalue weighted by Crippen LogP contribution is -1.98. The van der Waals surface area contributed by atoms with Crippen molar-refractivity contribution in [1.29, 1.82) is 0 Å². The smallest absolute Gasteiger partial charge is 0.137 e. The quantitative estimate of drug-likeness (QED) is 0.660. The maximum Gasteiger partial charge on any atom is 0.137 e. The van der Waals surface area contributed by atoms with Crippen LogP contribution in [-0.2, 0) is 6.61 Å². The van der Waals surface area contributed by atoms with Crippen LogP contribution in [0.5, 0.6) is 5.75 Å². The van der Waals surface area contributed by atoms with Crippen molar-refractivity contribution in [3.05, 3.63) is 61.7 Å². The van der Waals surface area contributed by atoms with E-state index in [4.69, 9.17) is 16.3 Å². The summed E-state index contributed by atoms with van der Waals surface area (Å²) < 4.78 is 20.1. The van der Waals surface area contributed by atoms with Gasteiger partial charge in [0.2, 0.25) is 0 Å². The molecule has 0 N–H and O–H groups in total. The van der Waals surface area contributed by atoms with Gasteiger partial charge < -0.3 is 4.74 Å². The zero-order chi connectivity index (χ0) is 13.1. The Morgan fingerprint density at radius 2 is 1.94 bits per heavy atom. The Bertz CT molecular complexity index is 575. The lowest BCUT2D eigenvalue weighted by atomic mass is 10.2. The molecule has 0 spiro atoms. The Hall–Kier alpha value is -0.580. The third-order valence-corrected chi connectivity index (χ3v) is 4.05. The largest absolute Gasteiger partial charge is 0.488 e. The van der Waals surface area contributed by atoms with E-state index in [-0.39, 0.29) is 12.4 Å². The molecule has 94 valence electrons. The third-order valence-electron chi connectivity index (χ3n) is 2.31. The fourth-order valence-electron chi connectivity index (χ4n) is 1.41. The van der Waals surface area contributed by atoms with Crippen LogP contribution in [0.1, 0.15) is 5.56 Å². The molecule has 2 aromatic carbocycles. The van der Waals surface area contributed by atoms with Crippen LogP contribution in [0.4, 0.5) is 4.39 Å². The maximum absolute atomic E-state index is 13.3. The molecule has 1 nitrogen and oxygen atoms in total. The molecule has 0 saturated heterocycles. The van der Waals surface area contributed by atoms with E-state index in [1.54, 1.807) is 30.3 Å². The SMILES string of the molecule is Fc1cccc(COc2ccc(Cl)cc2Br)c1Br. The standard InChI is InChI=1S/C13H8Br2ClFO/c14-10-6-9(16)4-5-12(10)18-7-8-2-1-3-11(17)13(8)15/h1-6H,7H2. The molecule has 2 rings (SSSR count). The fraction of sp³-hybridized carbons (Fsp3) is 0.0769. The highest BCUT2D eigenvalue weighted by Crippen LogP contribution is 2.29. The van der Waals surface area contributed by atoms with Crippen molar-refractivity contribution in [3.63, 3.8) is 0 Å². The van der Waals surface area contributed by atoms with Gasteiger partial charge in [-0.15, -0.1) is 0 Å². The molecule has 0 heterocycles. The number of hydrogen-bond donors (Lipinski definition) is 0. The van der Waals surface area contributed by atoms with Gasteiger partial charge in [0.15, 0.2) is 0 Å². The lowest BCUT2D eigenvalue weighted by Gasteiger charge is -2.10. The van der Waals surface area contributed by atoms with E-state index in [1.807, 2.05) is 0 Å². The molecule has 5 heteroatoms. The summed E-state index contributed by atoms with van der Waals surface area (Å²) in [6.07, 6.45) is 0. The van der Waals surface area contributed by atoms with E-state index in [2.05, 4.69) is 31.9 Å². The molecule has 0 amide bonds. The molecule has 0 saturated carbocycles. The first-order valence-corrected chi connectivity index (χ1v) is 7.05. The van der Waals surface area contributed by atoms with E-state index in [9.17, 15) is 4.39 Å². The molecular weight excluding hydrogens is 386 g/mol. The molecule has 0 radical (unpaired) electrons. The van der Waals surface area contributed by atoms with Crippen LogP contribution >= 0.6 is 43.5 Å². The zero-order valence-electron chi connectivity index (χ0n) is 9.09. The number of benzene rings is 2. The first kappa shape index (κ1) is 13.8. The van der Waals surface area contributed by atoms with Crippen molar-refractivity contribution in [2.24, 2.45) is 0 Å². The van der Waals surface area contributed by atoms with Gasteiger partial charge in [-0.1, -0.05) is 23.7 Å². The average Bonchev–Trinajstić information content (AvgIpc) is 2.33. The van der Waals surface area contributed by atoms with Gasteiger partial charge in [0.1, 0.15) is 18.2 Å². The van der Waals surface area contributed by atoms with E-state index in [0.717, 1.165) is 10.0 Å². The monoisotopic (exact) mass is 392 g/mol. The topological polar surface area (TPSA) is 9.23 Å². The second kappa shape index (κ2) is 6.04.